The van der Waals surface area contributed by atoms with E-state index in [1.54, 1.807) is 19.0 Å². The first-order valence-electron chi connectivity index (χ1n) is 6.52. The molecule has 0 radical (unpaired) electrons. The van der Waals surface area contributed by atoms with Crippen LogP contribution in [0.25, 0.3) is 0 Å². The summed E-state index contributed by atoms with van der Waals surface area (Å²) in [7, 11) is 3.28. The summed E-state index contributed by atoms with van der Waals surface area (Å²) in [4.78, 5) is 39.3. The van der Waals surface area contributed by atoms with Crippen molar-refractivity contribution in [2.45, 2.75) is 20.3 Å². The highest BCUT2D eigenvalue weighted by molar-refractivity contribution is 6.04. The molecule has 106 valence electrons. The van der Waals surface area contributed by atoms with Gasteiger partial charge in [-0.05, 0) is 17.8 Å². The van der Waals surface area contributed by atoms with Gasteiger partial charge in [-0.2, -0.15) is 0 Å². The molecule has 1 unspecified atom stereocenters. The average Bonchev–Trinajstić information content (AvgIpc) is 2.83. The molecule has 4 amide bonds. The Balaban J connectivity index is 1.87. The molecule has 1 aliphatic heterocycles. The standard InChI is InChI=1S/C13H21N3O3/c1-13(2)5-9(13)6-14(3)10(17)8-16-11(18)7-15(4)12(16)19/h9H,5-8H2,1-4H3. The highest BCUT2D eigenvalue weighted by atomic mass is 16.2. The molecule has 2 aliphatic rings. The maximum absolute atomic E-state index is 12.0. The topological polar surface area (TPSA) is 60.9 Å². The smallest absolute Gasteiger partial charge is 0.327 e. The Bertz CT molecular complexity index is 433. The summed E-state index contributed by atoms with van der Waals surface area (Å²) in [5, 5.41) is 0. The van der Waals surface area contributed by atoms with E-state index in [2.05, 4.69) is 13.8 Å². The molecule has 1 heterocycles. The molecule has 1 atom stereocenters. The minimum atomic E-state index is -0.390. The van der Waals surface area contributed by atoms with E-state index in [4.69, 9.17) is 0 Å². The Morgan fingerprint density at radius 3 is 2.42 bits per heavy atom. The van der Waals surface area contributed by atoms with Gasteiger partial charge in [0.2, 0.25) is 5.91 Å². The van der Waals surface area contributed by atoms with Crippen LogP contribution in [-0.4, -0.2) is 66.3 Å². The highest BCUT2D eigenvalue weighted by Gasteiger charge is 2.46. The van der Waals surface area contributed by atoms with E-state index in [1.165, 1.54) is 4.90 Å². The van der Waals surface area contributed by atoms with E-state index in [0.29, 0.717) is 17.9 Å². The molecule has 19 heavy (non-hydrogen) atoms. The van der Waals surface area contributed by atoms with Gasteiger partial charge < -0.3 is 9.80 Å². The van der Waals surface area contributed by atoms with Crippen molar-refractivity contribution in [3.63, 3.8) is 0 Å². The minimum absolute atomic E-state index is 0.0610. The van der Waals surface area contributed by atoms with Crippen molar-refractivity contribution in [2.75, 3.05) is 33.7 Å². The second kappa shape index (κ2) is 4.51. The van der Waals surface area contributed by atoms with Crippen LogP contribution in [0.1, 0.15) is 20.3 Å². The van der Waals surface area contributed by atoms with E-state index in [1.807, 2.05) is 0 Å². The summed E-state index contributed by atoms with van der Waals surface area (Å²) >= 11 is 0. The van der Waals surface area contributed by atoms with Crippen molar-refractivity contribution in [3.05, 3.63) is 0 Å². The fourth-order valence-corrected chi connectivity index (χ4v) is 2.40. The molecule has 1 aliphatic carbocycles. The van der Waals surface area contributed by atoms with E-state index >= 15 is 0 Å². The fourth-order valence-electron chi connectivity index (χ4n) is 2.40. The van der Waals surface area contributed by atoms with Gasteiger partial charge in [-0.1, -0.05) is 13.8 Å². The Kier molecular flexibility index (Phi) is 3.28. The van der Waals surface area contributed by atoms with Crippen LogP contribution in [0.3, 0.4) is 0 Å². The number of imide groups is 1. The summed E-state index contributed by atoms with van der Waals surface area (Å²) in [6, 6.07) is -0.390. The zero-order chi connectivity index (χ0) is 14.4. The van der Waals surface area contributed by atoms with Crippen LogP contribution in [-0.2, 0) is 9.59 Å². The maximum Gasteiger partial charge on any atom is 0.327 e. The Morgan fingerprint density at radius 1 is 1.42 bits per heavy atom. The van der Waals surface area contributed by atoms with Gasteiger partial charge in [0, 0.05) is 20.6 Å². The third kappa shape index (κ3) is 2.72. The van der Waals surface area contributed by atoms with Gasteiger partial charge in [-0.3, -0.25) is 14.5 Å². The molecule has 1 saturated heterocycles. The second-order valence-corrected chi connectivity index (χ2v) is 6.28. The molecule has 6 heteroatoms. The quantitative estimate of drug-likeness (QED) is 0.692. The summed E-state index contributed by atoms with van der Waals surface area (Å²) in [6.45, 7) is 4.96. The minimum Gasteiger partial charge on any atom is -0.344 e. The van der Waals surface area contributed by atoms with Crippen LogP contribution in [0.4, 0.5) is 4.79 Å². The van der Waals surface area contributed by atoms with Crippen molar-refractivity contribution in [2.24, 2.45) is 11.3 Å². The number of hydrogen-bond donors (Lipinski definition) is 0. The predicted octanol–water partition coefficient (Wildman–Crippen LogP) is 0.385. The Morgan fingerprint density at radius 2 is 2.00 bits per heavy atom. The van der Waals surface area contributed by atoms with Gasteiger partial charge >= 0.3 is 6.03 Å². The number of carbonyl (C=O) groups excluding carboxylic acids is 3. The van der Waals surface area contributed by atoms with Crippen LogP contribution in [0.15, 0.2) is 0 Å². The lowest BCUT2D eigenvalue weighted by Crippen LogP contribution is -2.42. The van der Waals surface area contributed by atoms with Gasteiger partial charge in [0.1, 0.15) is 13.1 Å². The molecular formula is C13H21N3O3. The Hall–Kier alpha value is -1.59. The van der Waals surface area contributed by atoms with Crippen molar-refractivity contribution in [1.29, 1.82) is 0 Å². The zero-order valence-electron chi connectivity index (χ0n) is 12.0. The third-order valence-electron chi connectivity index (χ3n) is 4.16. The molecule has 0 spiro atoms. The third-order valence-corrected chi connectivity index (χ3v) is 4.16. The van der Waals surface area contributed by atoms with Gasteiger partial charge in [-0.25, -0.2) is 4.79 Å². The van der Waals surface area contributed by atoms with Crippen LogP contribution in [0.2, 0.25) is 0 Å². The first-order chi connectivity index (χ1) is 8.72. The number of amides is 4. The lowest BCUT2D eigenvalue weighted by atomic mass is 10.1. The molecule has 1 saturated carbocycles. The van der Waals surface area contributed by atoms with Gasteiger partial charge in [0.05, 0.1) is 0 Å². The second-order valence-electron chi connectivity index (χ2n) is 6.28. The van der Waals surface area contributed by atoms with E-state index in [-0.39, 0.29) is 24.9 Å². The van der Waals surface area contributed by atoms with Crippen LogP contribution < -0.4 is 0 Å². The monoisotopic (exact) mass is 267 g/mol. The van der Waals surface area contributed by atoms with Crippen LogP contribution >= 0.6 is 0 Å². The Labute approximate surface area is 113 Å². The number of likely N-dealkylation sites (N-methyl/N-ethyl adjacent to an activating group) is 2. The summed E-state index contributed by atoms with van der Waals surface area (Å²) in [5.41, 5.74) is 0.314. The van der Waals surface area contributed by atoms with E-state index < -0.39 is 6.03 Å². The zero-order valence-corrected chi connectivity index (χ0v) is 12.0. The molecule has 0 aromatic heterocycles. The number of hydrogen-bond acceptors (Lipinski definition) is 3. The molecular weight excluding hydrogens is 246 g/mol. The fraction of sp³-hybridized carbons (Fsp3) is 0.769. The first-order valence-corrected chi connectivity index (χ1v) is 6.52. The van der Waals surface area contributed by atoms with Crippen LogP contribution in [0.5, 0.6) is 0 Å². The van der Waals surface area contributed by atoms with Gasteiger partial charge in [-0.15, -0.1) is 0 Å². The van der Waals surface area contributed by atoms with Gasteiger partial charge in [0.15, 0.2) is 0 Å². The van der Waals surface area contributed by atoms with Crippen LogP contribution in [0, 0.1) is 11.3 Å². The van der Waals surface area contributed by atoms with Crippen molar-refractivity contribution in [3.8, 4) is 0 Å². The molecule has 0 N–H and O–H groups in total. The number of urea groups is 1. The SMILES string of the molecule is CN(CC1CC1(C)C)C(=O)CN1C(=O)CN(C)C1=O. The van der Waals surface area contributed by atoms with E-state index in [0.717, 1.165) is 11.3 Å². The number of nitrogens with zero attached hydrogens (tertiary/aromatic N) is 3. The van der Waals surface area contributed by atoms with Crippen molar-refractivity contribution >= 4 is 17.8 Å². The molecule has 0 aromatic carbocycles. The maximum atomic E-state index is 12.0. The van der Waals surface area contributed by atoms with Crippen molar-refractivity contribution in [1.82, 2.24) is 14.7 Å². The average molecular weight is 267 g/mol. The molecule has 2 rings (SSSR count). The largest absolute Gasteiger partial charge is 0.344 e. The number of rotatable bonds is 4. The molecule has 6 nitrogen and oxygen atoms in total. The number of carbonyl (C=O) groups is 3. The molecule has 0 bridgehead atoms. The van der Waals surface area contributed by atoms with E-state index in [9.17, 15) is 14.4 Å². The van der Waals surface area contributed by atoms with Gasteiger partial charge in [0.25, 0.3) is 5.91 Å². The summed E-state index contributed by atoms with van der Waals surface area (Å²) in [5.74, 6) is 0.0369. The summed E-state index contributed by atoms with van der Waals surface area (Å²) in [6.07, 6.45) is 1.12. The lowest BCUT2D eigenvalue weighted by molar-refractivity contribution is -0.135. The molecule has 0 aromatic rings. The summed E-state index contributed by atoms with van der Waals surface area (Å²) < 4.78 is 0. The van der Waals surface area contributed by atoms with Crippen molar-refractivity contribution < 1.29 is 14.4 Å². The molecule has 2 fully saturated rings. The normalized spacial score (nSPS) is 24.9. The first kappa shape index (κ1) is 13.8. The predicted molar refractivity (Wildman–Crippen MR) is 69.3 cm³/mol. The highest BCUT2D eigenvalue weighted by Crippen LogP contribution is 2.51. The lowest BCUT2D eigenvalue weighted by Gasteiger charge is -2.21.